The molecule has 3 N–H and O–H groups in total. The van der Waals surface area contributed by atoms with E-state index in [-0.39, 0.29) is 18.3 Å². The van der Waals surface area contributed by atoms with Crippen molar-refractivity contribution in [1.82, 2.24) is 0 Å². The normalized spacial score (nSPS) is 13.3. The molecule has 0 saturated carbocycles. The Morgan fingerprint density at radius 1 is 1.50 bits per heavy atom. The van der Waals surface area contributed by atoms with Gasteiger partial charge in [0.05, 0.1) is 5.54 Å². The molecule has 0 saturated heterocycles. The summed E-state index contributed by atoms with van der Waals surface area (Å²) in [5, 5.41) is 2.86. The summed E-state index contributed by atoms with van der Waals surface area (Å²) in [5.74, 6) is -0.127. The Morgan fingerprint density at radius 3 is 2.72 bits per heavy atom. The second-order valence-electron chi connectivity index (χ2n) is 4.35. The van der Waals surface area contributed by atoms with Crippen molar-refractivity contribution < 1.29 is 4.79 Å². The summed E-state index contributed by atoms with van der Waals surface area (Å²) in [6, 6.07) is 7.76. The third-order valence-corrected chi connectivity index (χ3v) is 3.34. The van der Waals surface area contributed by atoms with E-state index >= 15 is 0 Å². The zero-order valence-electron chi connectivity index (χ0n) is 11.0. The van der Waals surface area contributed by atoms with Gasteiger partial charge in [-0.3, -0.25) is 4.79 Å². The molecule has 1 aromatic rings. The number of nitrogens with two attached hydrogens (primary N) is 1. The van der Waals surface area contributed by atoms with Crippen LogP contribution in [0.25, 0.3) is 0 Å². The van der Waals surface area contributed by atoms with E-state index in [0.717, 1.165) is 17.0 Å². The van der Waals surface area contributed by atoms with E-state index in [1.165, 1.54) is 0 Å². The molecular weight excluding hydrogens is 268 g/mol. The molecule has 0 aliphatic heterocycles. The molecule has 0 fully saturated rings. The van der Waals surface area contributed by atoms with Gasteiger partial charge in [0, 0.05) is 10.6 Å². The topological polar surface area (TPSA) is 55.1 Å². The summed E-state index contributed by atoms with van der Waals surface area (Å²) < 4.78 is 0. The molecule has 1 unspecified atom stereocenters. The van der Waals surface area contributed by atoms with Crippen LogP contribution in [0, 0.1) is 0 Å². The molecule has 1 amide bonds. The van der Waals surface area contributed by atoms with Crippen LogP contribution in [0.15, 0.2) is 29.2 Å². The molecule has 0 spiro atoms. The first-order valence-corrected chi connectivity index (χ1v) is 6.96. The standard InChI is InChI=1S/C13H20N2OS.ClH/c1-4-8-13(2,14)12(16)15-10-6-5-7-11(9-10)17-3;/h5-7,9H,4,8,14H2,1-3H3,(H,15,16);1H. The van der Waals surface area contributed by atoms with Gasteiger partial charge in [0.1, 0.15) is 0 Å². The van der Waals surface area contributed by atoms with Gasteiger partial charge in [0.15, 0.2) is 0 Å². The Hall–Kier alpha value is -0.710. The van der Waals surface area contributed by atoms with Crippen molar-refractivity contribution in [3.63, 3.8) is 0 Å². The maximum atomic E-state index is 12.0. The molecule has 0 aromatic heterocycles. The fraction of sp³-hybridized carbons (Fsp3) is 0.462. The predicted octanol–water partition coefficient (Wildman–Crippen LogP) is 3.29. The summed E-state index contributed by atoms with van der Waals surface area (Å²) in [7, 11) is 0. The highest BCUT2D eigenvalue weighted by molar-refractivity contribution is 7.98. The van der Waals surface area contributed by atoms with Crippen LogP contribution in [0.5, 0.6) is 0 Å². The summed E-state index contributed by atoms with van der Waals surface area (Å²) in [6.07, 6.45) is 3.58. The van der Waals surface area contributed by atoms with Gasteiger partial charge in [0.2, 0.25) is 5.91 Å². The summed E-state index contributed by atoms with van der Waals surface area (Å²) in [5.41, 5.74) is 5.97. The third-order valence-electron chi connectivity index (χ3n) is 2.62. The Balaban J connectivity index is 0.00000289. The van der Waals surface area contributed by atoms with Crippen molar-refractivity contribution in [1.29, 1.82) is 0 Å². The highest BCUT2D eigenvalue weighted by atomic mass is 35.5. The molecule has 3 nitrogen and oxygen atoms in total. The van der Waals surface area contributed by atoms with Crippen molar-refractivity contribution in [2.24, 2.45) is 5.73 Å². The van der Waals surface area contributed by atoms with E-state index in [0.29, 0.717) is 6.42 Å². The number of hydrogen-bond acceptors (Lipinski definition) is 3. The van der Waals surface area contributed by atoms with Gasteiger partial charge in [0.25, 0.3) is 0 Å². The minimum atomic E-state index is -0.801. The number of carbonyl (C=O) groups is 1. The number of halogens is 1. The average molecular weight is 289 g/mol. The van der Waals surface area contributed by atoms with Crippen molar-refractivity contribution in [2.45, 2.75) is 37.1 Å². The van der Waals surface area contributed by atoms with E-state index in [9.17, 15) is 4.79 Å². The predicted molar refractivity (Wildman–Crippen MR) is 81.6 cm³/mol. The minimum Gasteiger partial charge on any atom is -0.324 e. The molecule has 1 aromatic carbocycles. The van der Waals surface area contributed by atoms with Gasteiger partial charge in [-0.1, -0.05) is 19.4 Å². The lowest BCUT2D eigenvalue weighted by Crippen LogP contribution is -2.48. The quantitative estimate of drug-likeness (QED) is 0.818. The van der Waals surface area contributed by atoms with E-state index < -0.39 is 5.54 Å². The van der Waals surface area contributed by atoms with Gasteiger partial charge < -0.3 is 11.1 Å². The molecule has 0 aliphatic rings. The number of benzene rings is 1. The molecule has 102 valence electrons. The van der Waals surface area contributed by atoms with Crippen LogP contribution >= 0.6 is 24.2 Å². The Labute approximate surface area is 119 Å². The zero-order chi connectivity index (χ0) is 12.9. The van der Waals surface area contributed by atoms with Crippen molar-refractivity contribution in [3.05, 3.63) is 24.3 Å². The smallest absolute Gasteiger partial charge is 0.244 e. The zero-order valence-corrected chi connectivity index (χ0v) is 12.7. The number of anilines is 1. The number of rotatable bonds is 5. The first kappa shape index (κ1) is 17.3. The maximum absolute atomic E-state index is 12.0. The second-order valence-corrected chi connectivity index (χ2v) is 5.23. The molecule has 0 bridgehead atoms. The van der Waals surface area contributed by atoms with Gasteiger partial charge in [-0.15, -0.1) is 24.2 Å². The van der Waals surface area contributed by atoms with Crippen molar-refractivity contribution in [3.8, 4) is 0 Å². The van der Waals surface area contributed by atoms with Crippen LogP contribution in [0.1, 0.15) is 26.7 Å². The second kappa shape index (κ2) is 7.67. The van der Waals surface area contributed by atoms with Crippen LogP contribution < -0.4 is 11.1 Å². The molecule has 18 heavy (non-hydrogen) atoms. The van der Waals surface area contributed by atoms with Gasteiger partial charge in [-0.05, 0) is 37.8 Å². The van der Waals surface area contributed by atoms with Gasteiger partial charge in [-0.25, -0.2) is 0 Å². The molecule has 0 aliphatic carbocycles. The summed E-state index contributed by atoms with van der Waals surface area (Å²) in [4.78, 5) is 13.1. The Kier molecular flexibility index (Phi) is 7.36. The molecule has 1 atom stereocenters. The fourth-order valence-corrected chi connectivity index (χ4v) is 2.07. The highest BCUT2D eigenvalue weighted by Crippen LogP contribution is 2.20. The number of hydrogen-bond donors (Lipinski definition) is 2. The molecule has 0 heterocycles. The number of nitrogens with one attached hydrogen (secondary N) is 1. The third kappa shape index (κ3) is 4.88. The monoisotopic (exact) mass is 288 g/mol. The SMILES string of the molecule is CCCC(C)(N)C(=O)Nc1cccc(SC)c1.Cl. The van der Waals surface area contributed by atoms with Crippen LogP contribution in [0.2, 0.25) is 0 Å². The molecular formula is C13H21ClN2OS. The first-order valence-electron chi connectivity index (χ1n) is 5.74. The van der Waals surface area contributed by atoms with Crippen LogP contribution in [0.4, 0.5) is 5.69 Å². The molecule has 1 rings (SSSR count). The number of thioether (sulfide) groups is 1. The average Bonchev–Trinajstić information content (AvgIpc) is 2.29. The van der Waals surface area contributed by atoms with E-state index in [2.05, 4.69) is 5.32 Å². The lowest BCUT2D eigenvalue weighted by atomic mass is 9.96. The highest BCUT2D eigenvalue weighted by Gasteiger charge is 2.27. The van der Waals surface area contributed by atoms with Gasteiger partial charge in [-0.2, -0.15) is 0 Å². The van der Waals surface area contributed by atoms with E-state index in [4.69, 9.17) is 5.73 Å². The lowest BCUT2D eigenvalue weighted by Gasteiger charge is -2.22. The number of carbonyl (C=O) groups excluding carboxylic acids is 1. The van der Waals surface area contributed by atoms with E-state index in [1.54, 1.807) is 18.7 Å². The van der Waals surface area contributed by atoms with Crippen molar-refractivity contribution in [2.75, 3.05) is 11.6 Å². The number of amides is 1. The summed E-state index contributed by atoms with van der Waals surface area (Å²) >= 11 is 1.65. The lowest BCUT2D eigenvalue weighted by molar-refractivity contribution is -0.120. The van der Waals surface area contributed by atoms with Crippen LogP contribution in [-0.4, -0.2) is 17.7 Å². The van der Waals surface area contributed by atoms with Crippen LogP contribution in [0.3, 0.4) is 0 Å². The largest absolute Gasteiger partial charge is 0.324 e. The maximum Gasteiger partial charge on any atom is 0.244 e. The van der Waals surface area contributed by atoms with Crippen molar-refractivity contribution >= 4 is 35.8 Å². The van der Waals surface area contributed by atoms with E-state index in [1.807, 2.05) is 37.4 Å². The van der Waals surface area contributed by atoms with Crippen LogP contribution in [-0.2, 0) is 4.79 Å². The minimum absolute atomic E-state index is 0. The van der Waals surface area contributed by atoms with Gasteiger partial charge >= 0.3 is 0 Å². The fourth-order valence-electron chi connectivity index (χ4n) is 1.61. The Morgan fingerprint density at radius 2 is 2.17 bits per heavy atom. The molecule has 5 heteroatoms. The summed E-state index contributed by atoms with van der Waals surface area (Å²) in [6.45, 7) is 3.79. The first-order chi connectivity index (χ1) is 7.99. The molecule has 0 radical (unpaired) electrons. The Bertz CT molecular complexity index is 396.